The van der Waals surface area contributed by atoms with Crippen LogP contribution in [0.3, 0.4) is 0 Å². The number of nitriles is 1. The Morgan fingerprint density at radius 2 is 2.06 bits per heavy atom. The molecule has 1 aliphatic rings. The van der Waals surface area contributed by atoms with Crippen LogP contribution in [0.25, 0.3) is 0 Å². The summed E-state index contributed by atoms with van der Waals surface area (Å²) in [4.78, 5) is 0. The average Bonchev–Trinajstić information content (AvgIpc) is 3.12. The van der Waals surface area contributed by atoms with E-state index in [9.17, 15) is 5.26 Å². The predicted molar refractivity (Wildman–Crippen MR) is 73.1 cm³/mol. The Morgan fingerprint density at radius 3 is 2.65 bits per heavy atom. The minimum atomic E-state index is -0.322. The minimum Gasteiger partial charge on any atom is -0.396 e. The van der Waals surface area contributed by atoms with Crippen LogP contribution in [0.5, 0.6) is 0 Å². The Morgan fingerprint density at radius 1 is 1.35 bits per heavy atom. The molecule has 4 heteroatoms. The zero-order chi connectivity index (χ0) is 12.6. The van der Waals surface area contributed by atoms with Gasteiger partial charge < -0.3 is 5.11 Å². The van der Waals surface area contributed by atoms with Crippen molar-refractivity contribution in [3.05, 3.63) is 0 Å². The molecule has 0 amide bonds. The Kier molecular flexibility index (Phi) is 6.94. The lowest BCUT2D eigenvalue weighted by molar-refractivity contribution is 0.296. The van der Waals surface area contributed by atoms with Gasteiger partial charge in [-0.3, -0.25) is 5.32 Å². The van der Waals surface area contributed by atoms with E-state index in [-0.39, 0.29) is 5.54 Å². The van der Waals surface area contributed by atoms with E-state index in [1.54, 1.807) is 0 Å². The molecule has 0 heterocycles. The van der Waals surface area contributed by atoms with Crippen molar-refractivity contribution in [1.82, 2.24) is 5.32 Å². The summed E-state index contributed by atoms with van der Waals surface area (Å²) in [5.41, 5.74) is -0.322. The molecule has 3 nitrogen and oxygen atoms in total. The van der Waals surface area contributed by atoms with Crippen molar-refractivity contribution < 1.29 is 5.11 Å². The van der Waals surface area contributed by atoms with Crippen LogP contribution in [0.15, 0.2) is 0 Å². The predicted octanol–water partition coefficient (Wildman–Crippen LogP) is 2.31. The van der Waals surface area contributed by atoms with E-state index in [2.05, 4.69) is 11.4 Å². The van der Waals surface area contributed by atoms with Gasteiger partial charge in [-0.2, -0.15) is 17.0 Å². The third-order valence-electron chi connectivity index (χ3n) is 3.01. The second kappa shape index (κ2) is 7.97. The maximum atomic E-state index is 9.19. The molecule has 0 radical (unpaired) electrons. The molecular weight excluding hydrogens is 232 g/mol. The van der Waals surface area contributed by atoms with Crippen molar-refractivity contribution in [3.63, 3.8) is 0 Å². The molecule has 1 fully saturated rings. The summed E-state index contributed by atoms with van der Waals surface area (Å²) >= 11 is 1.90. The number of hydrogen-bond acceptors (Lipinski definition) is 4. The summed E-state index contributed by atoms with van der Waals surface area (Å²) in [6.07, 6.45) is 6.57. The molecule has 0 saturated heterocycles. The molecule has 98 valence electrons. The van der Waals surface area contributed by atoms with Gasteiger partial charge in [-0.05, 0) is 57.0 Å². The van der Waals surface area contributed by atoms with Gasteiger partial charge in [0.25, 0.3) is 0 Å². The monoisotopic (exact) mass is 256 g/mol. The van der Waals surface area contributed by atoms with E-state index in [1.807, 2.05) is 18.7 Å². The molecular formula is C13H24N2OS. The van der Waals surface area contributed by atoms with Crippen molar-refractivity contribution in [2.24, 2.45) is 0 Å². The zero-order valence-corrected chi connectivity index (χ0v) is 11.6. The molecule has 17 heavy (non-hydrogen) atoms. The van der Waals surface area contributed by atoms with Crippen LogP contribution in [-0.4, -0.2) is 34.8 Å². The Hall–Kier alpha value is -0.240. The third-order valence-corrected chi connectivity index (χ3v) is 4.16. The molecule has 2 N–H and O–H groups in total. The molecule has 0 aromatic heterocycles. The van der Waals surface area contributed by atoms with Crippen molar-refractivity contribution in [1.29, 1.82) is 5.26 Å². The van der Waals surface area contributed by atoms with E-state index in [0.29, 0.717) is 12.6 Å². The van der Waals surface area contributed by atoms with Crippen LogP contribution in [0.1, 0.15) is 45.4 Å². The molecule has 0 bridgehead atoms. The Labute approximate surface area is 109 Å². The van der Waals surface area contributed by atoms with Gasteiger partial charge >= 0.3 is 0 Å². The lowest BCUT2D eigenvalue weighted by atomic mass is 9.96. The first-order chi connectivity index (χ1) is 8.20. The summed E-state index contributed by atoms with van der Waals surface area (Å²) in [5, 5.41) is 21.3. The second-order valence-electron chi connectivity index (χ2n) is 5.01. The summed E-state index contributed by atoms with van der Waals surface area (Å²) in [5.74, 6) is 2.19. The van der Waals surface area contributed by atoms with E-state index >= 15 is 0 Å². The molecule has 1 aliphatic carbocycles. The van der Waals surface area contributed by atoms with Crippen LogP contribution >= 0.6 is 11.8 Å². The summed E-state index contributed by atoms with van der Waals surface area (Å²) in [6, 6.07) is 3.01. The van der Waals surface area contributed by atoms with Crippen molar-refractivity contribution in [3.8, 4) is 6.07 Å². The van der Waals surface area contributed by atoms with Crippen LogP contribution in [0.2, 0.25) is 0 Å². The van der Waals surface area contributed by atoms with Gasteiger partial charge in [0.2, 0.25) is 0 Å². The highest BCUT2D eigenvalue weighted by Gasteiger charge is 2.31. The molecule has 1 rings (SSSR count). The van der Waals surface area contributed by atoms with Gasteiger partial charge in [0.1, 0.15) is 5.54 Å². The molecule has 1 unspecified atom stereocenters. The van der Waals surface area contributed by atoms with Crippen LogP contribution in [0, 0.1) is 11.3 Å². The van der Waals surface area contributed by atoms with E-state index < -0.39 is 0 Å². The molecule has 1 atom stereocenters. The molecule has 0 aromatic carbocycles. The van der Waals surface area contributed by atoms with Crippen molar-refractivity contribution >= 4 is 11.8 Å². The van der Waals surface area contributed by atoms with Gasteiger partial charge in [0.05, 0.1) is 6.07 Å². The zero-order valence-electron chi connectivity index (χ0n) is 10.7. The molecule has 0 spiro atoms. The normalized spacial score (nSPS) is 18.6. The second-order valence-corrected chi connectivity index (χ2v) is 6.23. The lowest BCUT2D eigenvalue weighted by Crippen LogP contribution is -2.42. The smallest absolute Gasteiger partial charge is 0.104 e. The maximum Gasteiger partial charge on any atom is 0.104 e. The lowest BCUT2D eigenvalue weighted by Gasteiger charge is -2.23. The number of thioether (sulfide) groups is 1. The first-order valence-electron chi connectivity index (χ1n) is 6.58. The highest BCUT2D eigenvalue weighted by molar-refractivity contribution is 7.99. The minimum absolute atomic E-state index is 0.296. The van der Waals surface area contributed by atoms with Gasteiger partial charge in [-0.1, -0.05) is 0 Å². The standard InChI is InChI=1S/C13H24N2OS/c1-13(11-14,15-12-5-6-12)7-2-3-9-17-10-4-8-16/h12,15-16H,2-10H2,1H3. The van der Waals surface area contributed by atoms with E-state index in [0.717, 1.165) is 30.8 Å². The van der Waals surface area contributed by atoms with E-state index in [4.69, 9.17) is 5.11 Å². The third kappa shape index (κ3) is 6.92. The molecule has 0 aliphatic heterocycles. The highest BCUT2D eigenvalue weighted by atomic mass is 32.2. The van der Waals surface area contributed by atoms with Gasteiger partial charge in [-0.25, -0.2) is 0 Å². The number of rotatable bonds is 10. The SMILES string of the molecule is CC(C#N)(CCCCSCCCO)NC1CC1. The Balaban J connectivity index is 2.01. The number of unbranched alkanes of at least 4 members (excludes halogenated alkanes) is 1. The van der Waals surface area contributed by atoms with Gasteiger partial charge in [-0.15, -0.1) is 0 Å². The fraction of sp³-hybridized carbons (Fsp3) is 0.923. The Bertz CT molecular complexity index is 250. The molecule has 0 aromatic rings. The topological polar surface area (TPSA) is 56.0 Å². The van der Waals surface area contributed by atoms with E-state index in [1.165, 1.54) is 19.3 Å². The summed E-state index contributed by atoms with van der Waals surface area (Å²) in [6.45, 7) is 2.31. The number of nitrogens with zero attached hydrogens (tertiary/aromatic N) is 1. The van der Waals surface area contributed by atoms with Gasteiger partial charge in [0, 0.05) is 12.6 Å². The van der Waals surface area contributed by atoms with Crippen molar-refractivity contribution in [2.75, 3.05) is 18.1 Å². The number of aliphatic hydroxyl groups excluding tert-OH is 1. The number of aliphatic hydroxyl groups is 1. The van der Waals surface area contributed by atoms with Gasteiger partial charge in [0.15, 0.2) is 0 Å². The van der Waals surface area contributed by atoms with Crippen molar-refractivity contribution in [2.45, 2.75) is 57.0 Å². The maximum absolute atomic E-state index is 9.19. The fourth-order valence-corrected chi connectivity index (χ4v) is 2.74. The number of nitrogens with one attached hydrogen (secondary N) is 1. The number of hydrogen-bond donors (Lipinski definition) is 2. The quantitative estimate of drug-likeness (QED) is 0.589. The summed E-state index contributed by atoms with van der Waals surface area (Å²) < 4.78 is 0. The first kappa shape index (κ1) is 14.8. The largest absolute Gasteiger partial charge is 0.396 e. The fourth-order valence-electron chi connectivity index (χ4n) is 1.79. The molecule has 1 saturated carbocycles. The first-order valence-corrected chi connectivity index (χ1v) is 7.73. The van der Waals surface area contributed by atoms with Crippen LogP contribution < -0.4 is 5.32 Å². The average molecular weight is 256 g/mol. The van der Waals surface area contributed by atoms with Crippen LogP contribution in [-0.2, 0) is 0 Å². The van der Waals surface area contributed by atoms with Crippen LogP contribution in [0.4, 0.5) is 0 Å². The highest BCUT2D eigenvalue weighted by Crippen LogP contribution is 2.25. The summed E-state index contributed by atoms with van der Waals surface area (Å²) in [7, 11) is 0.